The van der Waals surface area contributed by atoms with E-state index in [9.17, 15) is 5.11 Å². The highest BCUT2D eigenvalue weighted by molar-refractivity contribution is 7.96. The normalized spacial score (nSPS) is 35.3. The summed E-state index contributed by atoms with van der Waals surface area (Å²) in [7, 11) is 1.66. The molecular formula is C17H34N2O3S. The monoisotopic (exact) mass is 346 g/mol. The van der Waals surface area contributed by atoms with Gasteiger partial charge in [0.1, 0.15) is 5.60 Å². The molecule has 2 unspecified atom stereocenters. The van der Waals surface area contributed by atoms with Gasteiger partial charge in [-0.25, -0.2) is 4.31 Å². The quantitative estimate of drug-likeness (QED) is 0.712. The number of piperidine rings is 2. The second-order valence-corrected chi connectivity index (χ2v) is 8.37. The number of methoxy groups -OCH3 is 1. The van der Waals surface area contributed by atoms with Gasteiger partial charge in [-0.05, 0) is 52.3 Å². The van der Waals surface area contributed by atoms with E-state index in [-0.39, 0.29) is 5.60 Å². The summed E-state index contributed by atoms with van der Waals surface area (Å²) in [5.74, 6) is 0. The number of aliphatic hydroxyl groups is 1. The van der Waals surface area contributed by atoms with Crippen molar-refractivity contribution < 1.29 is 14.6 Å². The third-order valence-corrected chi connectivity index (χ3v) is 6.00. The van der Waals surface area contributed by atoms with Crippen LogP contribution in [0, 0.1) is 0 Å². The summed E-state index contributed by atoms with van der Waals surface area (Å²) >= 11 is 1.81. The molecule has 0 saturated carbocycles. The van der Waals surface area contributed by atoms with Gasteiger partial charge in [0.2, 0.25) is 0 Å². The Kier molecular flexibility index (Phi) is 7.19. The van der Waals surface area contributed by atoms with E-state index in [0.29, 0.717) is 19.2 Å². The third kappa shape index (κ3) is 5.58. The minimum atomic E-state index is -0.703. The molecular weight excluding hydrogens is 312 g/mol. The van der Waals surface area contributed by atoms with Gasteiger partial charge in [-0.1, -0.05) is 11.9 Å². The number of nitrogens with zero attached hydrogens (tertiary/aromatic N) is 2. The molecule has 1 N–H and O–H groups in total. The molecule has 0 aromatic carbocycles. The van der Waals surface area contributed by atoms with E-state index >= 15 is 0 Å². The Morgan fingerprint density at radius 1 is 1.22 bits per heavy atom. The predicted octanol–water partition coefficient (Wildman–Crippen LogP) is 2.00. The molecule has 0 aromatic rings. The minimum Gasteiger partial charge on any atom is -0.386 e. The number of ether oxygens (including phenoxy) is 2. The van der Waals surface area contributed by atoms with Crippen molar-refractivity contribution in [1.82, 2.24) is 9.21 Å². The van der Waals surface area contributed by atoms with Crippen molar-refractivity contribution >= 4 is 11.9 Å². The van der Waals surface area contributed by atoms with Crippen molar-refractivity contribution in [3.63, 3.8) is 0 Å². The van der Waals surface area contributed by atoms with Crippen molar-refractivity contribution in [2.45, 2.75) is 56.8 Å². The Balaban J connectivity index is 1.83. The molecule has 2 aliphatic rings. The van der Waals surface area contributed by atoms with Gasteiger partial charge in [0.15, 0.2) is 0 Å². The highest BCUT2D eigenvalue weighted by Crippen LogP contribution is 2.29. The first-order chi connectivity index (χ1) is 10.9. The van der Waals surface area contributed by atoms with Crippen LogP contribution in [0.4, 0.5) is 0 Å². The molecule has 23 heavy (non-hydrogen) atoms. The molecule has 136 valence electrons. The Morgan fingerprint density at radius 3 is 2.65 bits per heavy atom. The van der Waals surface area contributed by atoms with Gasteiger partial charge in [0.25, 0.3) is 0 Å². The maximum absolute atomic E-state index is 10.6. The maximum Gasteiger partial charge on any atom is 0.101 e. The first kappa shape index (κ1) is 19.5. The lowest BCUT2D eigenvalue weighted by molar-refractivity contribution is -0.110. The van der Waals surface area contributed by atoms with Crippen LogP contribution in [0.5, 0.6) is 0 Å². The average Bonchev–Trinajstić information content (AvgIpc) is 2.52. The van der Waals surface area contributed by atoms with Gasteiger partial charge in [-0.3, -0.25) is 4.90 Å². The number of likely N-dealkylation sites (tertiary alicyclic amines) is 1. The second kappa shape index (κ2) is 8.50. The molecule has 2 saturated heterocycles. The van der Waals surface area contributed by atoms with Gasteiger partial charge < -0.3 is 14.6 Å². The maximum atomic E-state index is 10.6. The number of β-amino-alcohol motifs (C(OH)–C–C–N with tert-alkyl or cyclic N) is 1. The van der Waals surface area contributed by atoms with Crippen molar-refractivity contribution in [2.24, 2.45) is 0 Å². The molecule has 0 spiro atoms. The standard InChI is InChI=1S/C17H34N2O3S/c1-15(18-9-6-8-17(20,13-18)14-21-3)11-22-16(2)7-5-10-19(12-16)23-4/h15,20H,5-14H2,1-4H3/t15?,16?,17-/m1/s1. The molecule has 0 aromatic heterocycles. The zero-order valence-electron chi connectivity index (χ0n) is 15.2. The van der Waals surface area contributed by atoms with Crippen LogP contribution in [0.15, 0.2) is 0 Å². The molecule has 6 heteroatoms. The molecule has 3 atom stereocenters. The fourth-order valence-electron chi connectivity index (χ4n) is 3.77. The molecule has 2 rings (SSSR count). The van der Waals surface area contributed by atoms with Crippen LogP contribution in [-0.4, -0.2) is 84.3 Å². The highest BCUT2D eigenvalue weighted by atomic mass is 32.2. The van der Waals surface area contributed by atoms with Crippen molar-refractivity contribution in [2.75, 3.05) is 52.8 Å². The molecule has 0 bridgehead atoms. The minimum absolute atomic E-state index is 0.0475. The summed E-state index contributed by atoms with van der Waals surface area (Å²) in [5, 5.41) is 10.6. The predicted molar refractivity (Wildman–Crippen MR) is 95.8 cm³/mol. The van der Waals surface area contributed by atoms with Crippen molar-refractivity contribution in [1.29, 1.82) is 0 Å². The van der Waals surface area contributed by atoms with Crippen LogP contribution in [0.2, 0.25) is 0 Å². The molecule has 0 radical (unpaired) electrons. The number of hydrogen-bond acceptors (Lipinski definition) is 6. The molecule has 0 amide bonds. The van der Waals surface area contributed by atoms with Gasteiger partial charge in [0.05, 0.1) is 18.8 Å². The lowest BCUT2D eigenvalue weighted by Gasteiger charge is -2.43. The zero-order chi connectivity index (χ0) is 16.9. The lowest BCUT2D eigenvalue weighted by atomic mass is 9.92. The van der Waals surface area contributed by atoms with Gasteiger partial charge in [-0.15, -0.1) is 0 Å². The van der Waals surface area contributed by atoms with Crippen LogP contribution in [0.25, 0.3) is 0 Å². The lowest BCUT2D eigenvalue weighted by Crippen LogP contribution is -2.55. The summed E-state index contributed by atoms with van der Waals surface area (Å²) in [6, 6.07) is 0.320. The summed E-state index contributed by atoms with van der Waals surface area (Å²) in [6.45, 7) is 9.44. The second-order valence-electron chi connectivity index (χ2n) is 7.49. The molecule has 2 aliphatic heterocycles. The first-order valence-electron chi connectivity index (χ1n) is 8.78. The Morgan fingerprint density at radius 2 is 1.96 bits per heavy atom. The van der Waals surface area contributed by atoms with Crippen LogP contribution >= 0.6 is 11.9 Å². The summed E-state index contributed by atoms with van der Waals surface area (Å²) < 4.78 is 13.9. The van der Waals surface area contributed by atoms with E-state index < -0.39 is 5.60 Å². The Bertz CT molecular complexity index is 370. The van der Waals surface area contributed by atoms with Crippen LogP contribution < -0.4 is 0 Å². The van der Waals surface area contributed by atoms with Crippen LogP contribution in [0.1, 0.15) is 39.5 Å². The number of rotatable bonds is 7. The topological polar surface area (TPSA) is 45.2 Å². The molecule has 2 fully saturated rings. The van der Waals surface area contributed by atoms with Gasteiger partial charge in [-0.2, -0.15) is 0 Å². The summed E-state index contributed by atoms with van der Waals surface area (Å²) in [5.41, 5.74) is -0.750. The Hall–Kier alpha value is 0.150. The van der Waals surface area contributed by atoms with E-state index in [1.807, 2.05) is 11.9 Å². The Labute approximate surface area is 145 Å². The fourth-order valence-corrected chi connectivity index (χ4v) is 4.49. The average molecular weight is 347 g/mol. The van der Waals surface area contributed by atoms with E-state index in [2.05, 4.69) is 29.3 Å². The smallest absolute Gasteiger partial charge is 0.101 e. The third-order valence-electron chi connectivity index (χ3n) is 5.18. The summed E-state index contributed by atoms with van der Waals surface area (Å²) in [6.07, 6.45) is 6.30. The largest absolute Gasteiger partial charge is 0.386 e. The van der Waals surface area contributed by atoms with Crippen LogP contribution in [-0.2, 0) is 9.47 Å². The molecule has 5 nitrogen and oxygen atoms in total. The van der Waals surface area contributed by atoms with E-state index in [1.54, 1.807) is 7.11 Å². The van der Waals surface area contributed by atoms with Gasteiger partial charge >= 0.3 is 0 Å². The molecule has 2 heterocycles. The van der Waals surface area contributed by atoms with Crippen molar-refractivity contribution in [3.05, 3.63) is 0 Å². The van der Waals surface area contributed by atoms with E-state index in [0.717, 1.165) is 45.5 Å². The highest BCUT2D eigenvalue weighted by Gasteiger charge is 2.36. The SMILES string of the molecule is COC[C@@]1(O)CCCN(C(C)COC2(C)CCCN(SC)C2)C1. The van der Waals surface area contributed by atoms with E-state index in [1.165, 1.54) is 6.42 Å². The zero-order valence-corrected chi connectivity index (χ0v) is 16.0. The first-order valence-corrected chi connectivity index (χ1v) is 9.96. The van der Waals surface area contributed by atoms with Crippen LogP contribution in [0.3, 0.4) is 0 Å². The number of hydrogen-bond donors (Lipinski definition) is 1. The van der Waals surface area contributed by atoms with Gasteiger partial charge in [0, 0.05) is 32.8 Å². The van der Waals surface area contributed by atoms with E-state index in [4.69, 9.17) is 9.47 Å². The molecule has 0 aliphatic carbocycles. The van der Waals surface area contributed by atoms with Crippen molar-refractivity contribution in [3.8, 4) is 0 Å². The summed E-state index contributed by atoms with van der Waals surface area (Å²) in [4.78, 5) is 2.35. The fraction of sp³-hybridized carbons (Fsp3) is 1.00.